The number of aryl methyl sites for hydroxylation is 1. The summed E-state index contributed by atoms with van der Waals surface area (Å²) < 4.78 is 0. The maximum absolute atomic E-state index is 5.86. The number of rotatable bonds is 0. The van der Waals surface area contributed by atoms with Gasteiger partial charge in [0.15, 0.2) is 0 Å². The van der Waals surface area contributed by atoms with Crippen molar-refractivity contribution in [3.05, 3.63) is 42.0 Å². The second-order valence-corrected chi connectivity index (χ2v) is 3.08. The maximum atomic E-state index is 5.86. The summed E-state index contributed by atoms with van der Waals surface area (Å²) in [6.07, 6.45) is 0. The smallest absolute Gasteiger partial charge is 0.0887 e. The molecular formula is C13H15B. The minimum atomic E-state index is 0.866. The zero-order valence-corrected chi connectivity index (χ0v) is 9.04. The molecule has 0 saturated heterocycles. The van der Waals surface area contributed by atoms with Gasteiger partial charge in [0.1, 0.15) is 7.85 Å². The lowest BCUT2D eigenvalue weighted by Crippen LogP contribution is -2.03. The first-order valence-corrected chi connectivity index (χ1v) is 5.02. The van der Waals surface area contributed by atoms with E-state index < -0.39 is 0 Å². The molecule has 2 radical (unpaired) electrons. The van der Waals surface area contributed by atoms with Crippen molar-refractivity contribution in [1.29, 1.82) is 0 Å². The Labute approximate surface area is 87.4 Å². The first-order valence-electron chi connectivity index (χ1n) is 5.02. The second kappa shape index (κ2) is 4.85. The lowest BCUT2D eigenvalue weighted by Gasteiger charge is -2.03. The average Bonchev–Trinajstić information content (AvgIpc) is 2.20. The molecule has 0 atom stereocenters. The SMILES string of the molecule is CC.[B]c1cc(C)cc2ccccc12. The minimum Gasteiger partial charge on any atom is -0.0887 e. The first kappa shape index (κ1) is 10.8. The van der Waals surface area contributed by atoms with E-state index in [1.807, 2.05) is 38.1 Å². The standard InChI is InChI=1S/C11H9B.C2H6/c1-8-6-9-4-2-3-5-10(9)11(12)7-8;1-2/h2-7H,1H3;1-2H3. The van der Waals surface area contributed by atoms with Gasteiger partial charge in [-0.3, -0.25) is 0 Å². The lowest BCUT2D eigenvalue weighted by molar-refractivity contribution is 1.50. The minimum absolute atomic E-state index is 0.866. The molecule has 0 aromatic heterocycles. The molecule has 0 aliphatic rings. The molecule has 70 valence electrons. The molecule has 0 heterocycles. The van der Waals surface area contributed by atoms with Gasteiger partial charge in [-0.2, -0.15) is 0 Å². The van der Waals surface area contributed by atoms with Gasteiger partial charge < -0.3 is 0 Å². The third kappa shape index (κ3) is 2.17. The fourth-order valence-electron chi connectivity index (χ4n) is 1.50. The molecule has 0 fully saturated rings. The van der Waals surface area contributed by atoms with Crippen LogP contribution in [-0.4, -0.2) is 7.85 Å². The largest absolute Gasteiger partial charge is 0.114 e. The summed E-state index contributed by atoms with van der Waals surface area (Å²) in [5.41, 5.74) is 2.08. The number of benzene rings is 2. The van der Waals surface area contributed by atoms with E-state index in [1.165, 1.54) is 10.9 Å². The van der Waals surface area contributed by atoms with Crippen LogP contribution in [0, 0.1) is 6.92 Å². The molecule has 2 aromatic carbocycles. The van der Waals surface area contributed by atoms with Crippen molar-refractivity contribution in [2.24, 2.45) is 0 Å². The molecule has 0 nitrogen and oxygen atoms in total. The van der Waals surface area contributed by atoms with Gasteiger partial charge in [-0.05, 0) is 17.7 Å². The molecule has 0 amide bonds. The van der Waals surface area contributed by atoms with Crippen LogP contribution >= 0.6 is 0 Å². The summed E-state index contributed by atoms with van der Waals surface area (Å²) >= 11 is 0. The molecule has 0 spiro atoms. The van der Waals surface area contributed by atoms with Crippen LogP contribution in [0.25, 0.3) is 10.8 Å². The van der Waals surface area contributed by atoms with Gasteiger partial charge >= 0.3 is 0 Å². The van der Waals surface area contributed by atoms with Crippen LogP contribution in [0.5, 0.6) is 0 Å². The van der Waals surface area contributed by atoms with E-state index in [0.717, 1.165) is 10.8 Å². The van der Waals surface area contributed by atoms with E-state index in [2.05, 4.69) is 19.1 Å². The van der Waals surface area contributed by atoms with E-state index in [1.54, 1.807) is 0 Å². The Hall–Kier alpha value is -1.24. The second-order valence-electron chi connectivity index (χ2n) is 3.08. The fourth-order valence-corrected chi connectivity index (χ4v) is 1.50. The number of fused-ring (bicyclic) bond motifs is 1. The summed E-state index contributed by atoms with van der Waals surface area (Å²) in [4.78, 5) is 0. The van der Waals surface area contributed by atoms with Gasteiger partial charge in [-0.1, -0.05) is 61.3 Å². The van der Waals surface area contributed by atoms with Crippen molar-refractivity contribution in [1.82, 2.24) is 0 Å². The highest BCUT2D eigenvalue weighted by Gasteiger charge is 1.95. The van der Waals surface area contributed by atoms with Crippen molar-refractivity contribution < 1.29 is 0 Å². The van der Waals surface area contributed by atoms with Crippen LogP contribution in [0.1, 0.15) is 19.4 Å². The Balaban J connectivity index is 0.000000461. The fraction of sp³-hybridized carbons (Fsp3) is 0.231. The summed E-state index contributed by atoms with van der Waals surface area (Å²) in [6.45, 7) is 6.06. The van der Waals surface area contributed by atoms with Crippen LogP contribution in [0.3, 0.4) is 0 Å². The highest BCUT2D eigenvalue weighted by molar-refractivity contribution is 6.38. The third-order valence-corrected chi connectivity index (χ3v) is 2.04. The summed E-state index contributed by atoms with van der Waals surface area (Å²) in [5, 5.41) is 2.36. The van der Waals surface area contributed by atoms with Gasteiger partial charge in [-0.15, -0.1) is 0 Å². The molecule has 2 aromatic rings. The Morgan fingerprint density at radius 2 is 1.64 bits per heavy atom. The van der Waals surface area contributed by atoms with E-state index in [0.29, 0.717) is 0 Å². The van der Waals surface area contributed by atoms with Crippen molar-refractivity contribution >= 4 is 24.1 Å². The van der Waals surface area contributed by atoms with Gasteiger partial charge in [0, 0.05) is 0 Å². The molecule has 0 saturated carbocycles. The quantitative estimate of drug-likeness (QED) is 0.549. The van der Waals surface area contributed by atoms with Gasteiger partial charge in [0.25, 0.3) is 0 Å². The summed E-state index contributed by atoms with van der Waals surface area (Å²) in [7, 11) is 5.86. The van der Waals surface area contributed by atoms with E-state index in [4.69, 9.17) is 7.85 Å². The zero-order valence-electron chi connectivity index (χ0n) is 9.04. The summed E-state index contributed by atoms with van der Waals surface area (Å²) in [6, 6.07) is 12.3. The number of hydrogen-bond acceptors (Lipinski definition) is 0. The van der Waals surface area contributed by atoms with Crippen LogP contribution in [0.2, 0.25) is 0 Å². The molecular weight excluding hydrogens is 167 g/mol. The van der Waals surface area contributed by atoms with Gasteiger partial charge in [0.05, 0.1) is 0 Å². The molecule has 0 unspecified atom stereocenters. The van der Waals surface area contributed by atoms with E-state index in [9.17, 15) is 0 Å². The Bertz CT molecular complexity index is 419. The normalized spacial score (nSPS) is 9.36. The predicted molar refractivity (Wildman–Crippen MR) is 65.4 cm³/mol. The van der Waals surface area contributed by atoms with Crippen molar-refractivity contribution in [2.45, 2.75) is 20.8 Å². The Morgan fingerprint density at radius 1 is 1.00 bits per heavy atom. The van der Waals surface area contributed by atoms with E-state index in [-0.39, 0.29) is 0 Å². The van der Waals surface area contributed by atoms with Crippen LogP contribution in [0.4, 0.5) is 0 Å². The number of hydrogen-bond donors (Lipinski definition) is 0. The predicted octanol–water partition coefficient (Wildman–Crippen LogP) is 2.97. The zero-order chi connectivity index (χ0) is 10.6. The molecule has 1 heteroatoms. The van der Waals surface area contributed by atoms with Crippen LogP contribution in [0.15, 0.2) is 36.4 Å². The van der Waals surface area contributed by atoms with Crippen molar-refractivity contribution in [3.8, 4) is 0 Å². The molecule has 0 bridgehead atoms. The average molecular weight is 182 g/mol. The van der Waals surface area contributed by atoms with Gasteiger partial charge in [-0.25, -0.2) is 0 Å². The molecule has 0 N–H and O–H groups in total. The van der Waals surface area contributed by atoms with E-state index >= 15 is 0 Å². The topological polar surface area (TPSA) is 0 Å². The first-order chi connectivity index (χ1) is 6.77. The van der Waals surface area contributed by atoms with Crippen LogP contribution in [-0.2, 0) is 0 Å². The highest BCUT2D eigenvalue weighted by atomic mass is 14.0. The molecule has 14 heavy (non-hydrogen) atoms. The van der Waals surface area contributed by atoms with Crippen LogP contribution < -0.4 is 5.46 Å². The van der Waals surface area contributed by atoms with Crippen molar-refractivity contribution in [2.75, 3.05) is 0 Å². The Kier molecular flexibility index (Phi) is 3.76. The Morgan fingerprint density at radius 3 is 2.36 bits per heavy atom. The summed E-state index contributed by atoms with van der Waals surface area (Å²) in [5.74, 6) is 0. The molecule has 2 rings (SSSR count). The molecule has 0 aliphatic heterocycles. The highest BCUT2D eigenvalue weighted by Crippen LogP contribution is 2.12. The molecule has 0 aliphatic carbocycles. The maximum Gasteiger partial charge on any atom is 0.114 e. The van der Waals surface area contributed by atoms with Gasteiger partial charge in [0.2, 0.25) is 0 Å². The third-order valence-electron chi connectivity index (χ3n) is 2.04. The lowest BCUT2D eigenvalue weighted by atomic mass is 9.88. The monoisotopic (exact) mass is 182 g/mol. The van der Waals surface area contributed by atoms with Crippen molar-refractivity contribution in [3.63, 3.8) is 0 Å².